The number of benzene rings is 3. The van der Waals surface area contributed by atoms with Crippen LogP contribution >= 0.6 is 0 Å². The molecule has 1 aromatic heterocycles. The van der Waals surface area contributed by atoms with Crippen molar-refractivity contribution in [3.63, 3.8) is 0 Å². The van der Waals surface area contributed by atoms with Crippen molar-refractivity contribution in [3.05, 3.63) is 76.1 Å². The van der Waals surface area contributed by atoms with Crippen LogP contribution in [0.25, 0.3) is 32.7 Å². The molecule has 7 heteroatoms. The lowest BCUT2D eigenvalue weighted by Crippen LogP contribution is -2.24. The van der Waals surface area contributed by atoms with Crippen LogP contribution in [0.5, 0.6) is 0 Å². The quantitative estimate of drug-likeness (QED) is 0.407. The molecule has 0 saturated carbocycles. The first kappa shape index (κ1) is 17.3. The molecule has 0 saturated heterocycles. The fourth-order valence-electron chi connectivity index (χ4n) is 3.58. The number of rotatable bonds is 3. The molecule has 1 heterocycles. The summed E-state index contributed by atoms with van der Waals surface area (Å²) >= 11 is 0. The summed E-state index contributed by atoms with van der Waals surface area (Å²) < 4.78 is 0. The Balaban J connectivity index is 2.30. The standard InChI is InChI=1S/C21H14N2O5/c22-18-16(20(25)26)15(17(21(27)28)19(24)23-18)13-7-3-5-11-9-8-10-4-1-2-6-12(10)14(11)13/h1-9H,(H,25,26)(H,27,28)(H3,22,23,24). The lowest BCUT2D eigenvalue weighted by molar-refractivity contribution is 0.0695. The number of carboxylic acid groups (broad SMARTS) is 2. The van der Waals surface area contributed by atoms with E-state index in [0.717, 1.165) is 16.2 Å². The number of aromatic amines is 1. The van der Waals surface area contributed by atoms with Gasteiger partial charge in [0.05, 0.1) is 0 Å². The summed E-state index contributed by atoms with van der Waals surface area (Å²) in [5.41, 5.74) is 3.81. The fourth-order valence-corrected chi connectivity index (χ4v) is 3.58. The Bertz CT molecular complexity index is 1350. The van der Waals surface area contributed by atoms with Gasteiger partial charge in [-0.2, -0.15) is 0 Å². The summed E-state index contributed by atoms with van der Waals surface area (Å²) in [4.78, 5) is 38.2. The van der Waals surface area contributed by atoms with Crippen LogP contribution in [0, 0.1) is 0 Å². The molecule has 28 heavy (non-hydrogen) atoms. The highest BCUT2D eigenvalue weighted by molar-refractivity contribution is 6.18. The number of carbonyl (C=O) groups is 2. The van der Waals surface area contributed by atoms with Gasteiger partial charge in [-0.3, -0.25) is 4.79 Å². The molecule has 0 amide bonds. The molecule has 7 nitrogen and oxygen atoms in total. The Labute approximate surface area is 157 Å². The van der Waals surface area contributed by atoms with Gasteiger partial charge in [0.2, 0.25) is 0 Å². The summed E-state index contributed by atoms with van der Waals surface area (Å²) in [5.74, 6) is -3.35. The zero-order valence-corrected chi connectivity index (χ0v) is 14.4. The second kappa shape index (κ2) is 6.24. The van der Waals surface area contributed by atoms with Crippen molar-refractivity contribution in [2.24, 2.45) is 0 Å². The van der Waals surface area contributed by atoms with E-state index in [1.165, 1.54) is 0 Å². The van der Waals surface area contributed by atoms with E-state index in [4.69, 9.17) is 5.73 Å². The van der Waals surface area contributed by atoms with Gasteiger partial charge < -0.3 is 20.9 Å². The van der Waals surface area contributed by atoms with Crippen molar-refractivity contribution in [1.29, 1.82) is 0 Å². The summed E-state index contributed by atoms with van der Waals surface area (Å²) in [5, 5.41) is 22.5. The molecule has 0 radical (unpaired) electrons. The van der Waals surface area contributed by atoms with Gasteiger partial charge in [-0.15, -0.1) is 0 Å². The molecule has 3 aromatic carbocycles. The average molecular weight is 374 g/mol. The maximum absolute atomic E-state index is 12.3. The van der Waals surface area contributed by atoms with Gasteiger partial charge in [0.15, 0.2) is 0 Å². The Morgan fingerprint density at radius 2 is 1.46 bits per heavy atom. The van der Waals surface area contributed by atoms with Crippen LogP contribution in [0.2, 0.25) is 0 Å². The molecule has 4 aromatic rings. The van der Waals surface area contributed by atoms with Crippen molar-refractivity contribution in [2.75, 3.05) is 5.73 Å². The monoisotopic (exact) mass is 374 g/mol. The van der Waals surface area contributed by atoms with Crippen LogP contribution in [0.15, 0.2) is 59.4 Å². The molecule has 138 valence electrons. The minimum Gasteiger partial charge on any atom is -0.478 e. The molecular weight excluding hydrogens is 360 g/mol. The number of hydrogen-bond donors (Lipinski definition) is 4. The van der Waals surface area contributed by atoms with Gasteiger partial charge in [-0.05, 0) is 27.1 Å². The number of nitrogen functional groups attached to an aromatic ring is 1. The Morgan fingerprint density at radius 3 is 2.18 bits per heavy atom. The van der Waals surface area contributed by atoms with Crippen LogP contribution in [-0.2, 0) is 0 Å². The predicted molar refractivity (Wildman–Crippen MR) is 106 cm³/mol. The first-order chi connectivity index (χ1) is 13.4. The van der Waals surface area contributed by atoms with Gasteiger partial charge in [-0.25, -0.2) is 9.59 Å². The van der Waals surface area contributed by atoms with Crippen molar-refractivity contribution >= 4 is 39.3 Å². The number of nitrogens with two attached hydrogens (primary N) is 1. The van der Waals surface area contributed by atoms with Gasteiger partial charge in [0, 0.05) is 5.56 Å². The second-order valence-corrected chi connectivity index (χ2v) is 6.29. The second-order valence-electron chi connectivity index (χ2n) is 6.29. The van der Waals surface area contributed by atoms with E-state index in [-0.39, 0.29) is 5.56 Å². The smallest absolute Gasteiger partial charge is 0.342 e. The van der Waals surface area contributed by atoms with Crippen molar-refractivity contribution < 1.29 is 19.8 Å². The zero-order chi connectivity index (χ0) is 20.0. The third-order valence-corrected chi connectivity index (χ3v) is 4.71. The highest BCUT2D eigenvalue weighted by Gasteiger charge is 2.27. The Morgan fingerprint density at radius 1 is 0.821 bits per heavy atom. The molecule has 0 aliphatic heterocycles. The number of pyridine rings is 1. The van der Waals surface area contributed by atoms with E-state index in [9.17, 15) is 24.6 Å². The first-order valence-electron chi connectivity index (χ1n) is 8.33. The molecule has 0 spiro atoms. The van der Waals surface area contributed by atoms with E-state index >= 15 is 0 Å². The van der Waals surface area contributed by atoms with E-state index in [1.807, 2.05) is 42.5 Å². The number of anilines is 1. The highest BCUT2D eigenvalue weighted by Crippen LogP contribution is 2.38. The van der Waals surface area contributed by atoms with Crippen LogP contribution in [0.1, 0.15) is 20.7 Å². The molecular formula is C21H14N2O5. The summed E-state index contributed by atoms with van der Waals surface area (Å²) in [7, 11) is 0. The van der Waals surface area contributed by atoms with Crippen LogP contribution in [0.3, 0.4) is 0 Å². The number of aromatic nitrogens is 1. The van der Waals surface area contributed by atoms with Crippen molar-refractivity contribution in [1.82, 2.24) is 4.98 Å². The molecule has 0 unspecified atom stereocenters. The average Bonchev–Trinajstić information content (AvgIpc) is 2.66. The summed E-state index contributed by atoms with van der Waals surface area (Å²) in [6.45, 7) is 0. The fraction of sp³-hybridized carbons (Fsp3) is 0. The molecule has 0 fully saturated rings. The van der Waals surface area contributed by atoms with Crippen LogP contribution in [0.4, 0.5) is 5.82 Å². The molecule has 5 N–H and O–H groups in total. The van der Waals surface area contributed by atoms with Crippen molar-refractivity contribution in [2.45, 2.75) is 0 Å². The normalized spacial score (nSPS) is 11.0. The maximum atomic E-state index is 12.3. The summed E-state index contributed by atoms with van der Waals surface area (Å²) in [6.07, 6.45) is 0. The van der Waals surface area contributed by atoms with Crippen molar-refractivity contribution in [3.8, 4) is 11.1 Å². The first-order valence-corrected chi connectivity index (χ1v) is 8.33. The Hall–Kier alpha value is -4.13. The third-order valence-electron chi connectivity index (χ3n) is 4.71. The van der Waals surface area contributed by atoms with E-state index in [0.29, 0.717) is 10.9 Å². The van der Waals surface area contributed by atoms with E-state index in [1.54, 1.807) is 12.1 Å². The number of nitrogens with one attached hydrogen (secondary N) is 1. The third kappa shape index (κ3) is 2.49. The molecule has 4 rings (SSSR count). The molecule has 0 bridgehead atoms. The van der Waals surface area contributed by atoms with Gasteiger partial charge in [-0.1, -0.05) is 54.6 Å². The lowest BCUT2D eigenvalue weighted by atomic mass is 9.89. The maximum Gasteiger partial charge on any atom is 0.342 e. The molecule has 0 aliphatic rings. The predicted octanol–water partition coefficient (Wildman–Crippen LogP) is 3.33. The Kier molecular flexibility index (Phi) is 3.85. The highest BCUT2D eigenvalue weighted by atomic mass is 16.4. The summed E-state index contributed by atoms with van der Waals surface area (Å²) in [6, 6.07) is 16.4. The topological polar surface area (TPSA) is 133 Å². The number of H-pyrrole nitrogens is 1. The molecule has 0 aliphatic carbocycles. The van der Waals surface area contributed by atoms with Crippen LogP contribution in [-0.4, -0.2) is 27.1 Å². The minimum atomic E-state index is -1.53. The number of aromatic carboxylic acids is 2. The van der Waals surface area contributed by atoms with Gasteiger partial charge >= 0.3 is 11.9 Å². The van der Waals surface area contributed by atoms with Gasteiger partial charge in [0.1, 0.15) is 16.9 Å². The zero-order valence-electron chi connectivity index (χ0n) is 14.4. The van der Waals surface area contributed by atoms with E-state index < -0.39 is 34.4 Å². The van der Waals surface area contributed by atoms with Gasteiger partial charge in [0.25, 0.3) is 5.56 Å². The number of fused-ring (bicyclic) bond motifs is 3. The minimum absolute atomic E-state index is 0.205. The SMILES string of the molecule is Nc1[nH]c(=O)c(C(=O)O)c(-c2cccc3ccc4ccccc4c23)c1C(=O)O. The lowest BCUT2D eigenvalue weighted by Gasteiger charge is -2.15. The molecule has 0 atom stereocenters. The van der Waals surface area contributed by atoms with E-state index in [2.05, 4.69) is 4.98 Å². The number of hydrogen-bond acceptors (Lipinski definition) is 4. The number of carboxylic acids is 2. The van der Waals surface area contributed by atoms with Crippen LogP contribution < -0.4 is 11.3 Å². The largest absolute Gasteiger partial charge is 0.478 e.